The van der Waals surface area contributed by atoms with Crippen LogP contribution in [0.1, 0.15) is 15.9 Å². The van der Waals surface area contributed by atoms with Gasteiger partial charge in [-0.15, -0.1) is 0 Å². The molecule has 116 valence electrons. The third kappa shape index (κ3) is 4.64. The van der Waals surface area contributed by atoms with Crippen molar-refractivity contribution < 1.29 is 14.3 Å². The van der Waals surface area contributed by atoms with Gasteiger partial charge in [0.05, 0.1) is 5.56 Å². The molecule has 0 unspecified atom stereocenters. The van der Waals surface area contributed by atoms with Gasteiger partial charge in [0.15, 0.2) is 0 Å². The molecule has 0 fully saturated rings. The molecule has 22 heavy (non-hydrogen) atoms. The molecule has 0 bridgehead atoms. The van der Waals surface area contributed by atoms with E-state index in [0.717, 1.165) is 0 Å². The van der Waals surface area contributed by atoms with Crippen molar-refractivity contribution in [3.63, 3.8) is 0 Å². The van der Waals surface area contributed by atoms with Crippen LogP contribution in [0.5, 0.6) is 5.75 Å². The third-order valence-corrected chi connectivity index (χ3v) is 4.19. The standard InChI is InChI=1S/C16H15ClFNO2S/c17-12-5-6-15(20)13(9-12)16(21)19-7-8-22-10-11-3-1-2-4-14(11)18/h1-6,9,20H,7-8,10H2,(H,19,21). The molecular weight excluding hydrogens is 325 g/mol. The number of carbonyl (C=O) groups excluding carboxylic acids is 1. The van der Waals surface area contributed by atoms with Crippen LogP contribution >= 0.6 is 23.4 Å². The van der Waals surface area contributed by atoms with Gasteiger partial charge in [-0.3, -0.25) is 4.79 Å². The molecule has 6 heteroatoms. The fraction of sp³-hybridized carbons (Fsp3) is 0.188. The summed E-state index contributed by atoms with van der Waals surface area (Å²) in [6.45, 7) is 0.421. The van der Waals surface area contributed by atoms with Gasteiger partial charge in [-0.25, -0.2) is 4.39 Å². The van der Waals surface area contributed by atoms with Gasteiger partial charge in [0, 0.05) is 23.1 Å². The molecule has 0 aliphatic carbocycles. The smallest absolute Gasteiger partial charge is 0.255 e. The Bertz CT molecular complexity index is 666. The van der Waals surface area contributed by atoms with Gasteiger partial charge < -0.3 is 10.4 Å². The summed E-state index contributed by atoms with van der Waals surface area (Å²) >= 11 is 7.32. The Morgan fingerprint density at radius 3 is 2.82 bits per heavy atom. The molecule has 2 rings (SSSR count). The van der Waals surface area contributed by atoms with Crippen molar-refractivity contribution in [1.29, 1.82) is 0 Å². The van der Waals surface area contributed by atoms with Crippen LogP contribution in [0.25, 0.3) is 0 Å². The minimum Gasteiger partial charge on any atom is -0.507 e. The lowest BCUT2D eigenvalue weighted by atomic mass is 10.2. The van der Waals surface area contributed by atoms with Crippen molar-refractivity contribution in [2.45, 2.75) is 5.75 Å². The first-order valence-electron chi connectivity index (χ1n) is 6.66. The summed E-state index contributed by atoms with van der Waals surface area (Å²) in [5.74, 6) is 0.474. The zero-order chi connectivity index (χ0) is 15.9. The van der Waals surface area contributed by atoms with Crippen LogP contribution in [0.15, 0.2) is 42.5 Å². The van der Waals surface area contributed by atoms with E-state index >= 15 is 0 Å². The van der Waals surface area contributed by atoms with Crippen LogP contribution in [-0.4, -0.2) is 23.3 Å². The van der Waals surface area contributed by atoms with E-state index in [-0.39, 0.29) is 23.0 Å². The van der Waals surface area contributed by atoms with Crippen molar-refractivity contribution in [1.82, 2.24) is 5.32 Å². The van der Waals surface area contributed by atoms with Crippen molar-refractivity contribution in [3.8, 4) is 5.75 Å². The number of thioether (sulfide) groups is 1. The molecule has 2 aromatic rings. The van der Waals surface area contributed by atoms with Crippen molar-refractivity contribution in [2.24, 2.45) is 0 Å². The number of aromatic hydroxyl groups is 1. The van der Waals surface area contributed by atoms with Crippen LogP contribution in [-0.2, 0) is 5.75 Å². The van der Waals surface area contributed by atoms with Crippen LogP contribution in [0.4, 0.5) is 4.39 Å². The average molecular weight is 340 g/mol. The summed E-state index contributed by atoms with van der Waals surface area (Å²) < 4.78 is 13.4. The Balaban J connectivity index is 1.76. The molecule has 2 N–H and O–H groups in total. The minimum atomic E-state index is -0.383. The van der Waals surface area contributed by atoms with Crippen molar-refractivity contribution in [2.75, 3.05) is 12.3 Å². The summed E-state index contributed by atoms with van der Waals surface area (Å²) in [5.41, 5.74) is 0.790. The van der Waals surface area contributed by atoms with E-state index in [1.807, 2.05) is 0 Å². The Hall–Kier alpha value is -1.72. The van der Waals surface area contributed by atoms with E-state index < -0.39 is 0 Å². The largest absolute Gasteiger partial charge is 0.507 e. The number of halogens is 2. The maximum Gasteiger partial charge on any atom is 0.255 e. The number of nitrogens with one attached hydrogen (secondary N) is 1. The Kier molecular flexibility index (Phi) is 6.10. The van der Waals surface area contributed by atoms with E-state index in [0.29, 0.717) is 28.6 Å². The molecule has 3 nitrogen and oxygen atoms in total. The second kappa shape index (κ2) is 8.06. The first-order chi connectivity index (χ1) is 10.6. The highest BCUT2D eigenvalue weighted by Crippen LogP contribution is 2.21. The zero-order valence-corrected chi connectivity index (χ0v) is 13.3. The summed E-state index contributed by atoms with van der Waals surface area (Å²) in [6, 6.07) is 10.9. The summed E-state index contributed by atoms with van der Waals surface area (Å²) in [4.78, 5) is 11.9. The Morgan fingerprint density at radius 1 is 1.27 bits per heavy atom. The van der Waals surface area contributed by atoms with Gasteiger partial charge in [-0.05, 0) is 29.8 Å². The van der Waals surface area contributed by atoms with Gasteiger partial charge in [0.25, 0.3) is 5.91 Å². The Labute approximate surface area is 137 Å². The lowest BCUT2D eigenvalue weighted by Crippen LogP contribution is -2.25. The quantitative estimate of drug-likeness (QED) is 0.786. The first-order valence-corrected chi connectivity index (χ1v) is 8.19. The highest BCUT2D eigenvalue weighted by atomic mass is 35.5. The first kappa shape index (κ1) is 16.6. The van der Waals surface area contributed by atoms with E-state index in [4.69, 9.17) is 11.6 Å². The number of hydrogen-bond donors (Lipinski definition) is 2. The number of phenols is 1. The molecule has 0 aromatic heterocycles. The number of carbonyl (C=O) groups is 1. The summed E-state index contributed by atoms with van der Waals surface area (Å²) in [6.07, 6.45) is 0. The van der Waals surface area contributed by atoms with Crippen molar-refractivity contribution >= 4 is 29.3 Å². The molecular formula is C16H15ClFNO2S. The van der Waals surface area contributed by atoms with Gasteiger partial charge in [0.2, 0.25) is 0 Å². The van der Waals surface area contributed by atoms with Gasteiger partial charge in [0.1, 0.15) is 11.6 Å². The normalized spacial score (nSPS) is 10.5. The minimum absolute atomic E-state index is 0.110. The number of rotatable bonds is 6. The average Bonchev–Trinajstić information content (AvgIpc) is 2.51. The molecule has 0 aliphatic rings. The maximum absolute atomic E-state index is 13.4. The second-order valence-electron chi connectivity index (χ2n) is 4.56. The SMILES string of the molecule is O=C(NCCSCc1ccccc1F)c1cc(Cl)ccc1O. The van der Waals surface area contributed by atoms with E-state index in [9.17, 15) is 14.3 Å². The molecule has 2 aromatic carbocycles. The summed E-state index contributed by atoms with van der Waals surface area (Å²) in [5, 5.41) is 12.7. The van der Waals surface area contributed by atoms with Gasteiger partial charge in [-0.1, -0.05) is 29.8 Å². The second-order valence-corrected chi connectivity index (χ2v) is 6.10. The highest BCUT2D eigenvalue weighted by Gasteiger charge is 2.11. The van der Waals surface area contributed by atoms with E-state index in [2.05, 4.69) is 5.32 Å². The van der Waals surface area contributed by atoms with Gasteiger partial charge >= 0.3 is 0 Å². The predicted molar refractivity (Wildman–Crippen MR) is 88.0 cm³/mol. The number of hydrogen-bond acceptors (Lipinski definition) is 3. The molecule has 0 heterocycles. The van der Waals surface area contributed by atoms with Crippen LogP contribution in [0, 0.1) is 5.82 Å². The summed E-state index contributed by atoms with van der Waals surface area (Å²) in [7, 11) is 0. The maximum atomic E-state index is 13.4. The van der Waals surface area contributed by atoms with Gasteiger partial charge in [-0.2, -0.15) is 11.8 Å². The molecule has 0 atom stereocenters. The fourth-order valence-corrected chi connectivity index (χ4v) is 2.84. The fourth-order valence-electron chi connectivity index (χ4n) is 1.82. The number of amides is 1. The highest BCUT2D eigenvalue weighted by molar-refractivity contribution is 7.98. The molecule has 0 saturated carbocycles. The van der Waals surface area contributed by atoms with Crippen LogP contribution < -0.4 is 5.32 Å². The number of phenolic OH excluding ortho intramolecular Hbond substituents is 1. The molecule has 1 amide bonds. The van der Waals surface area contributed by atoms with E-state index in [1.54, 1.807) is 18.2 Å². The zero-order valence-electron chi connectivity index (χ0n) is 11.7. The van der Waals surface area contributed by atoms with Crippen molar-refractivity contribution in [3.05, 3.63) is 64.4 Å². The lowest BCUT2D eigenvalue weighted by Gasteiger charge is -2.07. The molecule has 0 spiro atoms. The molecule has 0 radical (unpaired) electrons. The number of benzene rings is 2. The molecule has 0 saturated heterocycles. The monoisotopic (exact) mass is 339 g/mol. The predicted octanol–water partition coefficient (Wildman–Crippen LogP) is 3.85. The topological polar surface area (TPSA) is 49.3 Å². The van der Waals surface area contributed by atoms with E-state index in [1.165, 1.54) is 36.0 Å². The molecule has 0 aliphatic heterocycles. The van der Waals surface area contributed by atoms with Crippen LogP contribution in [0.3, 0.4) is 0 Å². The Morgan fingerprint density at radius 2 is 2.05 bits per heavy atom. The third-order valence-electron chi connectivity index (χ3n) is 2.95. The van der Waals surface area contributed by atoms with Crippen LogP contribution in [0.2, 0.25) is 5.02 Å². The lowest BCUT2D eigenvalue weighted by molar-refractivity contribution is 0.0953.